The first kappa shape index (κ1) is 9.64. The molecule has 0 atom stereocenters. The lowest BCUT2D eigenvalue weighted by atomic mass is 10.2. The van der Waals surface area contributed by atoms with E-state index in [1.165, 1.54) is 5.56 Å². The number of rotatable bonds is 3. The van der Waals surface area contributed by atoms with Crippen molar-refractivity contribution < 1.29 is 9.47 Å². The molecule has 0 aliphatic heterocycles. The molecule has 1 aromatic rings. The van der Waals surface area contributed by atoms with E-state index < -0.39 is 0 Å². The number of alkyl halides is 1. The van der Waals surface area contributed by atoms with E-state index in [0.717, 1.165) is 15.9 Å². The first-order valence-electron chi connectivity index (χ1n) is 3.58. The maximum Gasteiger partial charge on any atom is 0.122 e. The summed E-state index contributed by atoms with van der Waals surface area (Å²) in [4.78, 5) is 0. The SMILES string of the molecule is COc1cc(CI)cc(OC)c1. The van der Waals surface area contributed by atoms with Gasteiger partial charge in [-0.25, -0.2) is 0 Å². The molecule has 2 nitrogen and oxygen atoms in total. The highest BCUT2D eigenvalue weighted by atomic mass is 127. The molecule has 0 radical (unpaired) electrons. The maximum absolute atomic E-state index is 5.12. The molecule has 0 fully saturated rings. The third-order valence-corrected chi connectivity index (χ3v) is 2.45. The van der Waals surface area contributed by atoms with Crippen molar-refractivity contribution in [3.63, 3.8) is 0 Å². The average molecular weight is 278 g/mol. The van der Waals surface area contributed by atoms with Crippen LogP contribution in [0.3, 0.4) is 0 Å². The first-order chi connectivity index (χ1) is 5.80. The monoisotopic (exact) mass is 278 g/mol. The van der Waals surface area contributed by atoms with Gasteiger partial charge in [-0.05, 0) is 17.7 Å². The van der Waals surface area contributed by atoms with Gasteiger partial charge in [-0.2, -0.15) is 0 Å². The summed E-state index contributed by atoms with van der Waals surface area (Å²) in [6.07, 6.45) is 0. The van der Waals surface area contributed by atoms with Crippen LogP contribution in [0.5, 0.6) is 11.5 Å². The Morgan fingerprint density at radius 3 is 1.92 bits per heavy atom. The Bertz CT molecular complexity index is 205. The van der Waals surface area contributed by atoms with Gasteiger partial charge in [0.05, 0.1) is 14.2 Å². The van der Waals surface area contributed by atoms with Gasteiger partial charge in [-0.1, -0.05) is 22.6 Å². The van der Waals surface area contributed by atoms with Crippen molar-refractivity contribution >= 4 is 22.6 Å². The zero-order valence-corrected chi connectivity index (χ0v) is 9.29. The molecule has 66 valence electrons. The maximum atomic E-state index is 5.12. The molecule has 0 N–H and O–H groups in total. The zero-order chi connectivity index (χ0) is 8.97. The molecule has 12 heavy (non-hydrogen) atoms. The summed E-state index contributed by atoms with van der Waals surface area (Å²) in [5.41, 5.74) is 1.21. The average Bonchev–Trinajstić information content (AvgIpc) is 2.16. The molecule has 0 bridgehead atoms. The molecule has 0 saturated carbocycles. The van der Waals surface area contributed by atoms with Crippen LogP contribution in [-0.4, -0.2) is 14.2 Å². The number of benzene rings is 1. The predicted octanol–water partition coefficient (Wildman–Crippen LogP) is 2.64. The van der Waals surface area contributed by atoms with E-state index in [1.54, 1.807) is 14.2 Å². The molecule has 0 heterocycles. The summed E-state index contributed by atoms with van der Waals surface area (Å²) in [7, 11) is 3.32. The third kappa shape index (κ3) is 2.27. The minimum atomic E-state index is 0.848. The normalized spacial score (nSPS) is 9.58. The summed E-state index contributed by atoms with van der Waals surface area (Å²) in [6, 6.07) is 5.89. The lowest BCUT2D eigenvalue weighted by Crippen LogP contribution is -1.89. The molecular weight excluding hydrogens is 267 g/mol. The molecule has 3 heteroatoms. The second kappa shape index (κ2) is 4.54. The minimum Gasteiger partial charge on any atom is -0.497 e. The Labute approximate surface area is 86.0 Å². The fourth-order valence-electron chi connectivity index (χ4n) is 0.944. The van der Waals surface area contributed by atoms with Crippen molar-refractivity contribution in [1.29, 1.82) is 0 Å². The van der Waals surface area contributed by atoms with E-state index in [9.17, 15) is 0 Å². The summed E-state index contributed by atoms with van der Waals surface area (Å²) in [5.74, 6) is 1.70. The molecule has 0 spiro atoms. The highest BCUT2D eigenvalue weighted by molar-refractivity contribution is 14.1. The van der Waals surface area contributed by atoms with Crippen molar-refractivity contribution in [1.82, 2.24) is 0 Å². The van der Waals surface area contributed by atoms with Crippen molar-refractivity contribution in [2.45, 2.75) is 4.43 Å². The van der Waals surface area contributed by atoms with Gasteiger partial charge in [0, 0.05) is 10.5 Å². The largest absolute Gasteiger partial charge is 0.497 e. The van der Waals surface area contributed by atoms with Crippen LogP contribution >= 0.6 is 22.6 Å². The van der Waals surface area contributed by atoms with Crippen LogP contribution in [-0.2, 0) is 4.43 Å². The molecule has 0 aliphatic carbocycles. The Balaban J connectivity index is 3.01. The van der Waals surface area contributed by atoms with E-state index >= 15 is 0 Å². The number of ether oxygens (including phenoxy) is 2. The molecule has 0 amide bonds. The van der Waals surface area contributed by atoms with Crippen LogP contribution in [0.1, 0.15) is 5.56 Å². The van der Waals surface area contributed by atoms with Crippen molar-refractivity contribution in [3.8, 4) is 11.5 Å². The van der Waals surface area contributed by atoms with Crippen molar-refractivity contribution in [3.05, 3.63) is 23.8 Å². The Morgan fingerprint density at radius 1 is 1.08 bits per heavy atom. The zero-order valence-electron chi connectivity index (χ0n) is 7.13. The second-order valence-electron chi connectivity index (χ2n) is 2.35. The standard InChI is InChI=1S/C9H11IO2/c1-11-8-3-7(6-10)4-9(5-8)12-2/h3-5H,6H2,1-2H3. The minimum absolute atomic E-state index is 0.848. The fourth-order valence-corrected chi connectivity index (χ4v) is 1.38. The summed E-state index contributed by atoms with van der Waals surface area (Å²) < 4.78 is 11.2. The van der Waals surface area contributed by atoms with Crippen LogP contribution in [0.4, 0.5) is 0 Å². The van der Waals surface area contributed by atoms with E-state index in [0.29, 0.717) is 0 Å². The molecule has 0 aromatic heterocycles. The van der Waals surface area contributed by atoms with Crippen LogP contribution in [0, 0.1) is 0 Å². The van der Waals surface area contributed by atoms with Crippen LogP contribution in [0.15, 0.2) is 18.2 Å². The number of hydrogen-bond acceptors (Lipinski definition) is 2. The van der Waals surface area contributed by atoms with Gasteiger partial charge in [0.15, 0.2) is 0 Å². The van der Waals surface area contributed by atoms with E-state index in [-0.39, 0.29) is 0 Å². The first-order valence-corrected chi connectivity index (χ1v) is 5.10. The topological polar surface area (TPSA) is 18.5 Å². The van der Waals surface area contributed by atoms with Gasteiger partial charge in [-0.15, -0.1) is 0 Å². The molecule has 1 aromatic carbocycles. The molecule has 0 saturated heterocycles. The van der Waals surface area contributed by atoms with Crippen molar-refractivity contribution in [2.24, 2.45) is 0 Å². The summed E-state index contributed by atoms with van der Waals surface area (Å²) >= 11 is 2.31. The molecule has 0 unspecified atom stereocenters. The second-order valence-corrected chi connectivity index (χ2v) is 3.12. The molecule has 0 aliphatic rings. The smallest absolute Gasteiger partial charge is 0.122 e. The lowest BCUT2D eigenvalue weighted by Gasteiger charge is -2.05. The van der Waals surface area contributed by atoms with Gasteiger partial charge in [0.25, 0.3) is 0 Å². The Kier molecular flexibility index (Phi) is 3.65. The van der Waals surface area contributed by atoms with Gasteiger partial charge in [0.2, 0.25) is 0 Å². The number of hydrogen-bond donors (Lipinski definition) is 0. The van der Waals surface area contributed by atoms with Gasteiger partial charge >= 0.3 is 0 Å². The van der Waals surface area contributed by atoms with Crippen LogP contribution < -0.4 is 9.47 Å². The van der Waals surface area contributed by atoms with Crippen LogP contribution in [0.2, 0.25) is 0 Å². The number of methoxy groups -OCH3 is 2. The fraction of sp³-hybridized carbons (Fsp3) is 0.333. The summed E-state index contributed by atoms with van der Waals surface area (Å²) in [5, 5.41) is 0. The predicted molar refractivity (Wildman–Crippen MR) is 57.3 cm³/mol. The van der Waals surface area contributed by atoms with E-state index in [1.807, 2.05) is 18.2 Å². The van der Waals surface area contributed by atoms with Crippen molar-refractivity contribution in [2.75, 3.05) is 14.2 Å². The third-order valence-electron chi connectivity index (χ3n) is 1.57. The quantitative estimate of drug-likeness (QED) is 0.625. The molecular formula is C9H11IO2. The lowest BCUT2D eigenvalue weighted by molar-refractivity contribution is 0.394. The van der Waals surface area contributed by atoms with Crippen LogP contribution in [0.25, 0.3) is 0 Å². The molecule has 1 rings (SSSR count). The van der Waals surface area contributed by atoms with E-state index in [4.69, 9.17) is 9.47 Å². The van der Waals surface area contributed by atoms with Gasteiger partial charge in [0.1, 0.15) is 11.5 Å². The number of halogens is 1. The Morgan fingerprint density at radius 2 is 1.58 bits per heavy atom. The Hall–Kier alpha value is -0.450. The van der Waals surface area contributed by atoms with Gasteiger partial charge in [-0.3, -0.25) is 0 Å². The van der Waals surface area contributed by atoms with Gasteiger partial charge < -0.3 is 9.47 Å². The van der Waals surface area contributed by atoms with E-state index in [2.05, 4.69) is 22.6 Å². The highest BCUT2D eigenvalue weighted by Crippen LogP contribution is 2.23. The highest BCUT2D eigenvalue weighted by Gasteiger charge is 1.99. The summed E-state index contributed by atoms with van der Waals surface area (Å²) in [6.45, 7) is 0.